The second kappa shape index (κ2) is 10.5. The van der Waals surface area contributed by atoms with Gasteiger partial charge >= 0.3 is 0 Å². The van der Waals surface area contributed by atoms with Gasteiger partial charge in [-0.15, -0.1) is 0 Å². The summed E-state index contributed by atoms with van der Waals surface area (Å²) in [5.41, 5.74) is 2.88. The number of aliphatic hydroxyl groups is 1. The number of phenolic OH excluding ortho intramolecular Hbond substituents is 1. The third-order valence-electron chi connectivity index (χ3n) is 6.68. The quantitative estimate of drug-likeness (QED) is 0.357. The summed E-state index contributed by atoms with van der Waals surface area (Å²) in [6.07, 6.45) is 0.669. The minimum atomic E-state index is -0.797. The number of aliphatic hydroxyl groups excluding tert-OH is 1. The summed E-state index contributed by atoms with van der Waals surface area (Å²) in [7, 11) is 1.44. The topological polar surface area (TPSA) is 99.5 Å². The van der Waals surface area contributed by atoms with Gasteiger partial charge in [0.25, 0.3) is 11.7 Å². The Hall–Kier alpha value is -3.36. The fourth-order valence-electron chi connectivity index (χ4n) is 4.75. The van der Waals surface area contributed by atoms with E-state index in [0.717, 1.165) is 30.8 Å². The lowest BCUT2D eigenvalue weighted by molar-refractivity contribution is -0.140. The monoisotopic (exact) mass is 480 g/mol. The molecule has 0 bridgehead atoms. The number of carbonyl (C=O) groups is 2. The Morgan fingerprint density at radius 3 is 2.54 bits per heavy atom. The lowest BCUT2D eigenvalue weighted by atomic mass is 9.93. The van der Waals surface area contributed by atoms with Crippen LogP contribution in [0.3, 0.4) is 0 Å². The van der Waals surface area contributed by atoms with Crippen molar-refractivity contribution in [1.29, 1.82) is 0 Å². The average Bonchev–Trinajstić information content (AvgIpc) is 3.11. The van der Waals surface area contributed by atoms with Crippen LogP contribution in [0.5, 0.6) is 11.5 Å². The molecule has 0 aliphatic carbocycles. The predicted octanol–water partition coefficient (Wildman–Crippen LogP) is 3.16. The Morgan fingerprint density at radius 2 is 1.83 bits per heavy atom. The van der Waals surface area contributed by atoms with Gasteiger partial charge in [0.1, 0.15) is 5.76 Å². The highest BCUT2D eigenvalue weighted by Gasteiger charge is 2.46. The molecule has 186 valence electrons. The van der Waals surface area contributed by atoms with Crippen LogP contribution in [-0.4, -0.2) is 78.2 Å². The van der Waals surface area contributed by atoms with Crippen LogP contribution >= 0.6 is 0 Å². The number of carbonyl (C=O) groups excluding carboxylic acids is 2. The van der Waals surface area contributed by atoms with E-state index in [1.54, 1.807) is 12.1 Å². The third kappa shape index (κ3) is 5.04. The molecule has 1 unspecified atom stereocenters. The minimum Gasteiger partial charge on any atom is -0.507 e. The Balaban J connectivity index is 1.74. The van der Waals surface area contributed by atoms with E-state index in [-0.39, 0.29) is 22.8 Å². The fraction of sp³-hybridized carbons (Fsp3) is 0.407. The average molecular weight is 481 g/mol. The van der Waals surface area contributed by atoms with Crippen LogP contribution in [0.4, 0.5) is 0 Å². The predicted molar refractivity (Wildman–Crippen MR) is 131 cm³/mol. The van der Waals surface area contributed by atoms with Crippen molar-refractivity contribution < 1.29 is 29.3 Å². The highest BCUT2D eigenvalue weighted by atomic mass is 16.5. The first kappa shape index (κ1) is 24.8. The van der Waals surface area contributed by atoms with Gasteiger partial charge in [-0.25, -0.2) is 0 Å². The summed E-state index contributed by atoms with van der Waals surface area (Å²) in [4.78, 5) is 30.3. The number of aryl methyl sites for hydroxylation is 2. The molecule has 0 spiro atoms. The lowest BCUT2D eigenvalue weighted by Crippen LogP contribution is -2.38. The summed E-state index contributed by atoms with van der Waals surface area (Å²) in [6, 6.07) is 9.55. The number of morpholine rings is 1. The molecule has 8 nitrogen and oxygen atoms in total. The Kier molecular flexibility index (Phi) is 7.42. The Morgan fingerprint density at radius 1 is 1.09 bits per heavy atom. The van der Waals surface area contributed by atoms with Gasteiger partial charge in [0.2, 0.25) is 0 Å². The number of ether oxygens (including phenoxy) is 2. The van der Waals surface area contributed by atoms with E-state index >= 15 is 0 Å². The molecule has 2 fully saturated rings. The largest absolute Gasteiger partial charge is 0.507 e. The molecular formula is C27H32N2O6. The number of benzene rings is 2. The van der Waals surface area contributed by atoms with E-state index in [0.29, 0.717) is 37.3 Å². The smallest absolute Gasteiger partial charge is 0.295 e. The molecule has 0 aromatic heterocycles. The first-order chi connectivity index (χ1) is 16.8. The molecule has 8 heteroatoms. The molecule has 4 rings (SSSR count). The second-order valence-corrected chi connectivity index (χ2v) is 9.05. The molecule has 2 aromatic carbocycles. The summed E-state index contributed by atoms with van der Waals surface area (Å²) >= 11 is 0. The molecule has 2 N–H and O–H groups in total. The van der Waals surface area contributed by atoms with Gasteiger partial charge in [0.15, 0.2) is 11.5 Å². The van der Waals surface area contributed by atoms with Gasteiger partial charge in [0.05, 0.1) is 31.9 Å². The van der Waals surface area contributed by atoms with Crippen molar-refractivity contribution in [3.63, 3.8) is 0 Å². The molecule has 2 aliphatic heterocycles. The van der Waals surface area contributed by atoms with E-state index in [9.17, 15) is 19.8 Å². The zero-order chi connectivity index (χ0) is 25.1. The van der Waals surface area contributed by atoms with Crippen LogP contribution in [0.25, 0.3) is 5.76 Å². The molecule has 0 radical (unpaired) electrons. The van der Waals surface area contributed by atoms with E-state index in [1.165, 1.54) is 18.1 Å². The maximum Gasteiger partial charge on any atom is 0.295 e. The van der Waals surface area contributed by atoms with Crippen LogP contribution in [0.15, 0.2) is 42.0 Å². The van der Waals surface area contributed by atoms with Gasteiger partial charge in [-0.2, -0.15) is 0 Å². The Labute approximate surface area is 205 Å². The molecule has 1 amide bonds. The molecular weight excluding hydrogens is 448 g/mol. The molecule has 2 aliphatic rings. The van der Waals surface area contributed by atoms with E-state index in [4.69, 9.17) is 9.47 Å². The number of nitrogens with zero attached hydrogens (tertiary/aromatic N) is 2. The summed E-state index contributed by atoms with van der Waals surface area (Å²) in [6.45, 7) is 7.93. The van der Waals surface area contributed by atoms with Gasteiger partial charge in [-0.3, -0.25) is 14.5 Å². The number of hydrogen-bond acceptors (Lipinski definition) is 7. The maximum absolute atomic E-state index is 13.3. The number of aromatic hydroxyl groups is 1. The number of amides is 1. The van der Waals surface area contributed by atoms with Crippen molar-refractivity contribution in [3.05, 3.63) is 64.2 Å². The number of Topliss-reactive ketones (excluding diaryl/α,β-unsaturated/α-hetero) is 1. The van der Waals surface area contributed by atoms with E-state index < -0.39 is 17.7 Å². The molecule has 2 aromatic rings. The zero-order valence-electron chi connectivity index (χ0n) is 20.4. The number of phenols is 1. The lowest BCUT2D eigenvalue weighted by Gasteiger charge is -2.29. The molecule has 2 saturated heterocycles. The maximum atomic E-state index is 13.3. The van der Waals surface area contributed by atoms with Crippen molar-refractivity contribution in [2.24, 2.45) is 0 Å². The zero-order valence-corrected chi connectivity index (χ0v) is 20.4. The minimum absolute atomic E-state index is 0.0443. The number of ketones is 1. The van der Waals surface area contributed by atoms with Crippen molar-refractivity contribution >= 4 is 17.4 Å². The second-order valence-electron chi connectivity index (χ2n) is 9.05. The van der Waals surface area contributed by atoms with Crippen molar-refractivity contribution in [2.45, 2.75) is 26.3 Å². The molecule has 35 heavy (non-hydrogen) atoms. The van der Waals surface area contributed by atoms with Crippen LogP contribution in [0.1, 0.15) is 34.7 Å². The van der Waals surface area contributed by atoms with Gasteiger partial charge in [0, 0.05) is 31.7 Å². The highest BCUT2D eigenvalue weighted by Crippen LogP contribution is 2.42. The SMILES string of the molecule is COc1cc(C2C(=C(O)c3cc(C)ccc3C)C(=O)C(=O)N2CCCN2CCOCC2)ccc1O. The van der Waals surface area contributed by atoms with Crippen molar-refractivity contribution in [2.75, 3.05) is 46.5 Å². The van der Waals surface area contributed by atoms with E-state index in [1.807, 2.05) is 32.0 Å². The van der Waals surface area contributed by atoms with Crippen LogP contribution in [0.2, 0.25) is 0 Å². The third-order valence-corrected chi connectivity index (χ3v) is 6.68. The fourth-order valence-corrected chi connectivity index (χ4v) is 4.75. The molecule has 0 saturated carbocycles. The standard InChI is InChI=1S/C27H32N2O6/c1-17-5-6-18(2)20(15-17)25(31)23-24(19-7-8-21(30)22(16-19)34-3)29(27(33)26(23)32)10-4-9-28-11-13-35-14-12-28/h5-8,15-16,24,30-31H,4,9-14H2,1-3H3. The summed E-state index contributed by atoms with van der Waals surface area (Å²) < 4.78 is 10.7. The number of methoxy groups -OCH3 is 1. The number of hydrogen-bond donors (Lipinski definition) is 2. The number of rotatable bonds is 7. The van der Waals surface area contributed by atoms with Gasteiger partial charge < -0.3 is 24.6 Å². The van der Waals surface area contributed by atoms with Crippen LogP contribution < -0.4 is 4.74 Å². The summed E-state index contributed by atoms with van der Waals surface area (Å²) in [5, 5.41) is 21.5. The summed E-state index contributed by atoms with van der Waals surface area (Å²) in [5.74, 6) is -1.37. The van der Waals surface area contributed by atoms with Crippen molar-refractivity contribution in [1.82, 2.24) is 9.80 Å². The molecule has 1 atom stereocenters. The normalized spacial score (nSPS) is 20.4. The van der Waals surface area contributed by atoms with Crippen molar-refractivity contribution in [3.8, 4) is 11.5 Å². The van der Waals surface area contributed by atoms with Gasteiger partial charge in [-0.1, -0.05) is 23.8 Å². The number of likely N-dealkylation sites (tertiary alicyclic amines) is 1. The molecule has 2 heterocycles. The Bertz CT molecular complexity index is 1150. The van der Waals surface area contributed by atoms with Gasteiger partial charge in [-0.05, 0) is 49.6 Å². The van der Waals surface area contributed by atoms with E-state index in [2.05, 4.69) is 4.90 Å². The van der Waals surface area contributed by atoms with Crippen LogP contribution in [0, 0.1) is 13.8 Å². The van der Waals surface area contributed by atoms with Crippen LogP contribution in [-0.2, 0) is 14.3 Å². The first-order valence-electron chi connectivity index (χ1n) is 11.8. The first-order valence-corrected chi connectivity index (χ1v) is 11.8. The highest BCUT2D eigenvalue weighted by molar-refractivity contribution is 6.46.